The Morgan fingerprint density at radius 1 is 1.19 bits per heavy atom. The number of anilines is 1. The van der Waals surface area contributed by atoms with Crippen LogP contribution in [0.1, 0.15) is 20.1 Å². The zero-order chi connectivity index (χ0) is 18.3. The van der Waals surface area contributed by atoms with Crippen LogP contribution < -0.4 is 5.32 Å². The van der Waals surface area contributed by atoms with Gasteiger partial charge in [-0.2, -0.15) is 0 Å². The van der Waals surface area contributed by atoms with Gasteiger partial charge in [0.15, 0.2) is 0 Å². The van der Waals surface area contributed by atoms with Crippen molar-refractivity contribution in [3.63, 3.8) is 0 Å². The molecule has 0 aliphatic rings. The predicted octanol–water partition coefficient (Wildman–Crippen LogP) is 4.53. The van der Waals surface area contributed by atoms with Gasteiger partial charge >= 0.3 is 0 Å². The Morgan fingerprint density at radius 2 is 2.00 bits per heavy atom. The van der Waals surface area contributed by atoms with Crippen LogP contribution >= 0.6 is 22.7 Å². The number of carbonyl (C=O) groups excluding carboxylic acids is 1. The summed E-state index contributed by atoms with van der Waals surface area (Å²) in [6, 6.07) is 10.6. The molecule has 1 aromatic carbocycles. The van der Waals surface area contributed by atoms with E-state index in [1.54, 1.807) is 36.7 Å². The number of nitrogens with zero attached hydrogens (tertiary/aromatic N) is 3. The molecule has 0 aliphatic heterocycles. The Labute approximate surface area is 159 Å². The molecule has 0 unspecified atom stereocenters. The van der Waals surface area contributed by atoms with E-state index in [9.17, 15) is 4.79 Å². The van der Waals surface area contributed by atoms with Gasteiger partial charge in [0, 0.05) is 23.7 Å². The quantitative estimate of drug-likeness (QED) is 0.563. The van der Waals surface area contributed by atoms with Gasteiger partial charge in [0.25, 0.3) is 5.91 Å². The second-order valence-corrected chi connectivity index (χ2v) is 8.43. The summed E-state index contributed by atoms with van der Waals surface area (Å²) in [5.41, 5.74) is 0.933. The van der Waals surface area contributed by atoms with Crippen LogP contribution in [0.5, 0.6) is 0 Å². The highest BCUT2D eigenvalue weighted by Crippen LogP contribution is 2.34. The Morgan fingerprint density at radius 3 is 2.77 bits per heavy atom. The van der Waals surface area contributed by atoms with Crippen molar-refractivity contribution in [2.45, 2.75) is 13.5 Å². The molecule has 0 bridgehead atoms. The third-order valence-corrected chi connectivity index (χ3v) is 6.54. The number of fused-ring (bicyclic) bond motifs is 2. The van der Waals surface area contributed by atoms with Crippen molar-refractivity contribution >= 4 is 54.7 Å². The number of carbonyl (C=O) groups is 1. The van der Waals surface area contributed by atoms with Gasteiger partial charge in [-0.05, 0) is 30.0 Å². The third kappa shape index (κ3) is 2.93. The second kappa shape index (κ2) is 6.66. The van der Waals surface area contributed by atoms with Crippen molar-refractivity contribution in [1.29, 1.82) is 0 Å². The molecular formula is C19H18N4OS2. The zero-order valence-electron chi connectivity index (χ0n) is 14.7. The average Bonchev–Trinajstić information content (AvgIpc) is 3.20. The van der Waals surface area contributed by atoms with Crippen LogP contribution in [0, 0.1) is 6.92 Å². The summed E-state index contributed by atoms with van der Waals surface area (Å²) in [4.78, 5) is 25.6. The van der Waals surface area contributed by atoms with E-state index in [1.165, 1.54) is 26.3 Å². The van der Waals surface area contributed by atoms with E-state index in [2.05, 4.69) is 45.6 Å². The number of nitrogens with one attached hydrogen (secondary N) is 1. The number of thiophene rings is 2. The van der Waals surface area contributed by atoms with Gasteiger partial charge in [-0.1, -0.05) is 18.2 Å². The molecule has 0 aliphatic carbocycles. The summed E-state index contributed by atoms with van der Waals surface area (Å²) in [5.74, 6) is 0.778. The molecule has 1 amide bonds. The molecule has 4 aromatic rings. The minimum Gasteiger partial charge on any atom is -0.365 e. The summed E-state index contributed by atoms with van der Waals surface area (Å²) in [7, 11) is 3.52. The van der Waals surface area contributed by atoms with Crippen molar-refractivity contribution < 1.29 is 4.79 Å². The van der Waals surface area contributed by atoms with Crippen LogP contribution in [-0.2, 0) is 6.54 Å². The van der Waals surface area contributed by atoms with Crippen molar-refractivity contribution in [1.82, 2.24) is 14.9 Å². The molecule has 0 saturated carbocycles. The summed E-state index contributed by atoms with van der Waals surface area (Å²) >= 11 is 3.20. The number of hydrogen-bond acceptors (Lipinski definition) is 6. The van der Waals surface area contributed by atoms with Gasteiger partial charge in [-0.3, -0.25) is 4.79 Å². The van der Waals surface area contributed by atoms with Crippen LogP contribution in [0.4, 0.5) is 5.82 Å². The van der Waals surface area contributed by atoms with E-state index in [0.717, 1.165) is 26.5 Å². The molecule has 0 saturated heterocycles. The Hall–Kier alpha value is -2.51. The van der Waals surface area contributed by atoms with Crippen molar-refractivity contribution in [2.24, 2.45) is 0 Å². The molecule has 26 heavy (non-hydrogen) atoms. The minimum absolute atomic E-state index is 0.000886. The SMILES string of the molecule is Cc1c(C(=O)N(C)C)sc2ncnc(NCc3cc4ccccc4s3)c12. The molecule has 5 nitrogen and oxygen atoms in total. The fraction of sp³-hybridized carbons (Fsp3) is 0.211. The Bertz CT molecular complexity index is 1080. The lowest BCUT2D eigenvalue weighted by Gasteiger charge is -2.09. The number of aromatic nitrogens is 2. The summed E-state index contributed by atoms with van der Waals surface area (Å²) in [6.07, 6.45) is 1.55. The van der Waals surface area contributed by atoms with E-state index < -0.39 is 0 Å². The van der Waals surface area contributed by atoms with Gasteiger partial charge in [0.05, 0.1) is 16.8 Å². The molecule has 0 spiro atoms. The second-order valence-electron chi connectivity index (χ2n) is 6.26. The largest absolute Gasteiger partial charge is 0.365 e. The van der Waals surface area contributed by atoms with Crippen LogP contribution in [0.15, 0.2) is 36.7 Å². The highest BCUT2D eigenvalue weighted by atomic mass is 32.1. The van der Waals surface area contributed by atoms with Crippen molar-refractivity contribution in [2.75, 3.05) is 19.4 Å². The molecule has 4 rings (SSSR count). The van der Waals surface area contributed by atoms with E-state index in [-0.39, 0.29) is 5.91 Å². The maximum absolute atomic E-state index is 12.4. The van der Waals surface area contributed by atoms with Gasteiger partial charge in [0.1, 0.15) is 17.0 Å². The highest BCUT2D eigenvalue weighted by molar-refractivity contribution is 7.20. The van der Waals surface area contributed by atoms with Gasteiger partial charge < -0.3 is 10.2 Å². The fourth-order valence-corrected chi connectivity index (χ4v) is 5.08. The summed E-state index contributed by atoms with van der Waals surface area (Å²) in [6.45, 7) is 2.65. The molecule has 7 heteroatoms. The molecule has 1 N–H and O–H groups in total. The van der Waals surface area contributed by atoms with E-state index in [0.29, 0.717) is 6.54 Å². The van der Waals surface area contributed by atoms with Crippen molar-refractivity contribution in [3.8, 4) is 0 Å². The molecule has 0 radical (unpaired) electrons. The number of hydrogen-bond donors (Lipinski definition) is 1. The Balaban J connectivity index is 1.66. The highest BCUT2D eigenvalue weighted by Gasteiger charge is 2.20. The molecule has 0 fully saturated rings. The topological polar surface area (TPSA) is 58.1 Å². The summed E-state index contributed by atoms with van der Waals surface area (Å²) < 4.78 is 1.28. The lowest BCUT2D eigenvalue weighted by atomic mass is 10.2. The van der Waals surface area contributed by atoms with E-state index >= 15 is 0 Å². The van der Waals surface area contributed by atoms with Crippen LogP contribution in [0.3, 0.4) is 0 Å². The van der Waals surface area contributed by atoms with Crippen molar-refractivity contribution in [3.05, 3.63) is 52.0 Å². The summed E-state index contributed by atoms with van der Waals surface area (Å²) in [5, 5.41) is 5.62. The first-order chi connectivity index (χ1) is 12.5. The molecular weight excluding hydrogens is 364 g/mol. The average molecular weight is 383 g/mol. The van der Waals surface area contributed by atoms with Crippen LogP contribution in [-0.4, -0.2) is 34.9 Å². The van der Waals surface area contributed by atoms with E-state index in [1.807, 2.05) is 6.92 Å². The molecule has 3 aromatic heterocycles. The third-order valence-electron chi connectivity index (χ3n) is 4.23. The first kappa shape index (κ1) is 16.9. The van der Waals surface area contributed by atoms with Gasteiger partial charge in [-0.25, -0.2) is 9.97 Å². The molecule has 3 heterocycles. The molecule has 0 atom stereocenters. The first-order valence-electron chi connectivity index (χ1n) is 8.21. The normalized spacial score (nSPS) is 11.2. The number of benzene rings is 1. The zero-order valence-corrected chi connectivity index (χ0v) is 16.4. The smallest absolute Gasteiger partial charge is 0.263 e. The number of rotatable bonds is 4. The van der Waals surface area contributed by atoms with Gasteiger partial charge in [-0.15, -0.1) is 22.7 Å². The minimum atomic E-state index is 0.000886. The lowest BCUT2D eigenvalue weighted by Crippen LogP contribution is -2.21. The standard InChI is InChI=1S/C19H18N4OS2/c1-11-15-17(20-9-13-8-12-6-4-5-7-14(12)25-13)21-10-22-18(15)26-16(11)19(24)23(2)3/h4-8,10H,9H2,1-3H3,(H,20,21,22). The maximum atomic E-state index is 12.4. The van der Waals surface area contributed by atoms with Crippen LogP contribution in [0.25, 0.3) is 20.3 Å². The monoisotopic (exact) mass is 382 g/mol. The fourth-order valence-electron chi connectivity index (χ4n) is 2.91. The van der Waals surface area contributed by atoms with Crippen LogP contribution in [0.2, 0.25) is 0 Å². The lowest BCUT2D eigenvalue weighted by molar-refractivity contribution is 0.0831. The maximum Gasteiger partial charge on any atom is 0.263 e. The predicted molar refractivity (Wildman–Crippen MR) is 109 cm³/mol. The number of aryl methyl sites for hydroxylation is 1. The number of amides is 1. The van der Waals surface area contributed by atoms with E-state index in [4.69, 9.17) is 0 Å². The molecule has 132 valence electrons. The Kier molecular flexibility index (Phi) is 4.34. The first-order valence-corrected chi connectivity index (χ1v) is 9.85. The van der Waals surface area contributed by atoms with Gasteiger partial charge in [0.2, 0.25) is 0 Å².